The predicted molar refractivity (Wildman–Crippen MR) is 168 cm³/mol. The Morgan fingerprint density at radius 1 is 1.02 bits per heavy atom. The molecule has 1 fully saturated rings. The third-order valence-corrected chi connectivity index (χ3v) is 8.08. The highest BCUT2D eigenvalue weighted by molar-refractivity contribution is 7.17. The van der Waals surface area contributed by atoms with Gasteiger partial charge in [0.25, 0.3) is 5.78 Å². The molecule has 0 saturated carbocycles. The van der Waals surface area contributed by atoms with Crippen molar-refractivity contribution in [3.63, 3.8) is 0 Å². The number of carbonyl (C=O) groups is 3. The number of aliphatic hydroxyl groups is 1. The fraction of sp³-hybridized carbons (Fsp3) is 0.394. The SMILES string of the molecule is CCCOc1ccc(/C(O)=C2\C(=O)C(=O)N(c3nc(C)c(C(=O)OC)s3)C2c2ccc(OCCC(C)C)c(OCC)c2)cc1. The van der Waals surface area contributed by atoms with E-state index in [1.165, 1.54) is 12.0 Å². The monoisotopic (exact) mass is 622 g/mol. The Kier molecular flexibility index (Phi) is 10.6. The average Bonchev–Trinajstić information content (AvgIpc) is 3.52. The van der Waals surface area contributed by atoms with Crippen molar-refractivity contribution < 1.29 is 38.4 Å². The maximum Gasteiger partial charge on any atom is 0.350 e. The highest BCUT2D eigenvalue weighted by Crippen LogP contribution is 2.45. The van der Waals surface area contributed by atoms with Gasteiger partial charge in [-0.15, -0.1) is 0 Å². The van der Waals surface area contributed by atoms with E-state index >= 15 is 0 Å². The third-order valence-electron chi connectivity index (χ3n) is 6.94. The van der Waals surface area contributed by atoms with Gasteiger partial charge in [-0.25, -0.2) is 9.78 Å². The maximum absolute atomic E-state index is 13.7. The molecule has 1 aliphatic heterocycles. The quantitative estimate of drug-likeness (QED) is 0.0987. The maximum atomic E-state index is 13.7. The molecule has 1 N–H and O–H groups in total. The molecule has 0 bridgehead atoms. The first-order chi connectivity index (χ1) is 21.1. The van der Waals surface area contributed by atoms with E-state index in [9.17, 15) is 19.5 Å². The Morgan fingerprint density at radius 2 is 1.75 bits per heavy atom. The number of thiazole rings is 1. The van der Waals surface area contributed by atoms with Crippen LogP contribution in [-0.2, 0) is 14.3 Å². The highest BCUT2D eigenvalue weighted by Gasteiger charge is 2.48. The zero-order valence-electron chi connectivity index (χ0n) is 25.8. The van der Waals surface area contributed by atoms with Crippen molar-refractivity contribution in [3.8, 4) is 17.2 Å². The van der Waals surface area contributed by atoms with E-state index in [0.29, 0.717) is 59.8 Å². The molecule has 0 radical (unpaired) electrons. The van der Waals surface area contributed by atoms with Gasteiger partial charge in [-0.3, -0.25) is 14.5 Å². The summed E-state index contributed by atoms with van der Waals surface area (Å²) >= 11 is 0.935. The van der Waals surface area contributed by atoms with Gasteiger partial charge in [0.05, 0.1) is 44.2 Å². The second-order valence-corrected chi connectivity index (χ2v) is 11.6. The number of ether oxygens (including phenoxy) is 4. The second-order valence-electron chi connectivity index (χ2n) is 10.6. The number of rotatable bonds is 13. The first kappa shape index (κ1) is 32.5. The van der Waals surface area contributed by atoms with E-state index in [0.717, 1.165) is 24.2 Å². The number of aromatic nitrogens is 1. The number of aliphatic hydroxyl groups excluding tert-OH is 1. The Labute approximate surface area is 261 Å². The van der Waals surface area contributed by atoms with E-state index in [1.807, 2.05) is 13.8 Å². The van der Waals surface area contributed by atoms with Gasteiger partial charge < -0.3 is 24.1 Å². The molecule has 1 aromatic heterocycles. The summed E-state index contributed by atoms with van der Waals surface area (Å²) in [6.45, 7) is 11.1. The summed E-state index contributed by atoms with van der Waals surface area (Å²) in [5.41, 5.74) is 1.05. The molecule has 10 nitrogen and oxygen atoms in total. The second kappa shape index (κ2) is 14.4. The molecule has 0 aliphatic carbocycles. The van der Waals surface area contributed by atoms with Gasteiger partial charge in [0.2, 0.25) is 0 Å². The van der Waals surface area contributed by atoms with Crippen LogP contribution in [0.4, 0.5) is 5.13 Å². The van der Waals surface area contributed by atoms with Crippen molar-refractivity contribution in [3.05, 3.63) is 69.7 Å². The van der Waals surface area contributed by atoms with Gasteiger partial charge in [-0.2, -0.15) is 0 Å². The number of amides is 1. The number of benzene rings is 2. The number of anilines is 1. The molecule has 1 atom stereocenters. The number of carbonyl (C=O) groups excluding carboxylic acids is 3. The van der Waals surface area contributed by atoms with Crippen LogP contribution in [0.25, 0.3) is 5.76 Å². The van der Waals surface area contributed by atoms with Crippen LogP contribution in [0.2, 0.25) is 0 Å². The zero-order chi connectivity index (χ0) is 32.0. The topological polar surface area (TPSA) is 124 Å². The van der Waals surface area contributed by atoms with Crippen LogP contribution in [0.1, 0.15) is 73.1 Å². The molecular formula is C33H38N2O8S. The number of hydrogen-bond acceptors (Lipinski definition) is 10. The summed E-state index contributed by atoms with van der Waals surface area (Å²) in [5.74, 6) is -0.713. The van der Waals surface area contributed by atoms with Crippen molar-refractivity contribution >= 4 is 39.9 Å². The molecule has 3 aromatic rings. The summed E-state index contributed by atoms with van der Waals surface area (Å²) in [4.78, 5) is 45.6. The van der Waals surface area contributed by atoms with Gasteiger partial charge in [0.15, 0.2) is 16.6 Å². The number of ketones is 1. The number of Topliss-reactive ketones (excluding diaryl/α,β-unsaturated/α-hetero) is 1. The number of esters is 1. The van der Waals surface area contributed by atoms with Gasteiger partial charge in [-0.05, 0) is 74.6 Å². The highest BCUT2D eigenvalue weighted by atomic mass is 32.1. The van der Waals surface area contributed by atoms with Gasteiger partial charge in [-0.1, -0.05) is 38.2 Å². The van der Waals surface area contributed by atoms with E-state index in [-0.39, 0.29) is 21.3 Å². The Bertz CT molecular complexity index is 1540. The van der Waals surface area contributed by atoms with Crippen LogP contribution in [-0.4, -0.2) is 54.7 Å². The van der Waals surface area contributed by atoms with Crippen LogP contribution in [0.15, 0.2) is 48.0 Å². The third kappa shape index (κ3) is 6.88. The summed E-state index contributed by atoms with van der Waals surface area (Å²) in [6.07, 6.45) is 1.69. The molecule has 1 aliphatic rings. The van der Waals surface area contributed by atoms with E-state index in [4.69, 9.17) is 18.9 Å². The molecule has 2 heterocycles. The largest absolute Gasteiger partial charge is 0.507 e. The molecule has 234 valence electrons. The van der Waals surface area contributed by atoms with E-state index in [1.54, 1.807) is 49.4 Å². The van der Waals surface area contributed by atoms with E-state index in [2.05, 4.69) is 18.8 Å². The van der Waals surface area contributed by atoms with Crippen molar-refractivity contribution in [2.75, 3.05) is 31.8 Å². The molecule has 4 rings (SSSR count). The fourth-order valence-electron chi connectivity index (χ4n) is 4.68. The lowest BCUT2D eigenvalue weighted by Crippen LogP contribution is -2.29. The van der Waals surface area contributed by atoms with Crippen molar-refractivity contribution in [1.29, 1.82) is 0 Å². The van der Waals surface area contributed by atoms with E-state index < -0.39 is 23.7 Å². The van der Waals surface area contributed by atoms with Gasteiger partial charge in [0, 0.05) is 5.56 Å². The normalized spacial score (nSPS) is 16.0. The molecule has 44 heavy (non-hydrogen) atoms. The average molecular weight is 623 g/mol. The molecule has 11 heteroatoms. The molecule has 1 amide bonds. The number of hydrogen-bond donors (Lipinski definition) is 1. The zero-order valence-corrected chi connectivity index (χ0v) is 26.7. The van der Waals surface area contributed by atoms with Crippen molar-refractivity contribution in [2.45, 2.75) is 53.5 Å². The van der Waals surface area contributed by atoms with Gasteiger partial charge >= 0.3 is 11.9 Å². The van der Waals surface area contributed by atoms with Crippen LogP contribution in [0, 0.1) is 12.8 Å². The Hall–Kier alpha value is -4.38. The van der Waals surface area contributed by atoms with Gasteiger partial charge in [0.1, 0.15) is 16.4 Å². The molecule has 1 saturated heterocycles. The Morgan fingerprint density at radius 3 is 2.39 bits per heavy atom. The lowest BCUT2D eigenvalue weighted by Gasteiger charge is -2.24. The Balaban J connectivity index is 1.87. The molecule has 0 spiro atoms. The molecular weight excluding hydrogens is 584 g/mol. The summed E-state index contributed by atoms with van der Waals surface area (Å²) in [7, 11) is 1.26. The number of methoxy groups -OCH3 is 1. The first-order valence-corrected chi connectivity index (χ1v) is 15.4. The minimum Gasteiger partial charge on any atom is -0.507 e. The lowest BCUT2D eigenvalue weighted by molar-refractivity contribution is -0.132. The number of nitrogens with zero attached hydrogens (tertiary/aromatic N) is 2. The van der Waals surface area contributed by atoms with Crippen molar-refractivity contribution in [2.24, 2.45) is 5.92 Å². The predicted octanol–water partition coefficient (Wildman–Crippen LogP) is 6.48. The number of aryl methyl sites for hydroxylation is 1. The lowest BCUT2D eigenvalue weighted by atomic mass is 9.95. The summed E-state index contributed by atoms with van der Waals surface area (Å²) in [5, 5.41) is 11.7. The van der Waals surface area contributed by atoms with Crippen LogP contribution < -0.4 is 19.1 Å². The minimum atomic E-state index is -1.08. The standard InChI is InChI=1S/C33H38N2O8S/c1-7-16-42-23-12-9-21(10-13-23)28(36)26-27(22-11-14-24(25(18-22)41-8-2)43-17-15-19(3)4)35(31(38)29(26)37)33-34-20(5)30(44-33)32(39)40-6/h9-14,18-19,27,36H,7-8,15-17H2,1-6H3/b28-26+. The molecule has 2 aromatic carbocycles. The molecule has 1 unspecified atom stereocenters. The summed E-state index contributed by atoms with van der Waals surface area (Å²) < 4.78 is 22.4. The van der Waals surface area contributed by atoms with Crippen LogP contribution in [0.5, 0.6) is 17.2 Å². The first-order valence-electron chi connectivity index (χ1n) is 14.6. The summed E-state index contributed by atoms with van der Waals surface area (Å²) in [6, 6.07) is 10.7. The van der Waals surface area contributed by atoms with Crippen molar-refractivity contribution in [1.82, 2.24) is 4.98 Å². The van der Waals surface area contributed by atoms with Crippen LogP contribution in [0.3, 0.4) is 0 Å². The van der Waals surface area contributed by atoms with Crippen LogP contribution >= 0.6 is 11.3 Å². The smallest absolute Gasteiger partial charge is 0.350 e. The fourth-order valence-corrected chi connectivity index (χ4v) is 5.70. The minimum absolute atomic E-state index is 0.118.